The summed E-state index contributed by atoms with van der Waals surface area (Å²) in [4.78, 5) is -2.19. The topological polar surface area (TPSA) is 26.0 Å². The minimum absolute atomic E-state index is 0.101. The number of hydrogen-bond acceptors (Lipinski definition) is 1. The van der Waals surface area contributed by atoms with Crippen LogP contribution < -0.4 is 5.73 Å². The Bertz CT molecular complexity index is 284. The Morgan fingerprint density at radius 1 is 1.00 bits per heavy atom. The van der Waals surface area contributed by atoms with Crippen molar-refractivity contribution in [3.05, 3.63) is 35.9 Å². The first-order valence-electron chi connectivity index (χ1n) is 2.88. The quantitative estimate of drug-likeness (QED) is 0.568. The van der Waals surface area contributed by atoms with Gasteiger partial charge in [0, 0.05) is 5.70 Å². The van der Waals surface area contributed by atoms with Crippen molar-refractivity contribution < 1.29 is 19.4 Å². The van der Waals surface area contributed by atoms with Gasteiger partial charge in [-0.3, -0.25) is 0 Å². The van der Waals surface area contributed by atoms with Gasteiger partial charge in [-0.15, -0.1) is 0 Å². The van der Waals surface area contributed by atoms with E-state index in [9.17, 15) is 19.4 Å². The fourth-order valence-electron chi connectivity index (χ4n) is 0.329. The molecule has 0 heterocycles. The Kier molecular flexibility index (Phi) is 2.11. The van der Waals surface area contributed by atoms with E-state index >= 15 is 0 Å². The van der Waals surface area contributed by atoms with Crippen LogP contribution in [0.2, 0.25) is 0 Å². The third kappa shape index (κ3) is 4.56. The van der Waals surface area contributed by atoms with E-state index < -0.39 is 15.1 Å². The Labute approximate surface area is 72.1 Å². The number of hydrogen-bond donors (Lipinski definition) is 1. The Morgan fingerprint density at radius 3 is 1.62 bits per heavy atom. The molecule has 0 aromatic heterocycles. The van der Waals surface area contributed by atoms with Crippen LogP contribution in [0.15, 0.2) is 35.9 Å². The lowest BCUT2D eigenvalue weighted by molar-refractivity contribution is 0.380. The monoisotopic (exact) mass is 221 g/mol. The molecule has 0 bridgehead atoms. The molecular formula is C6H8F5NS. The molecule has 0 fully saturated rings. The fourth-order valence-corrected chi connectivity index (χ4v) is 0.654. The summed E-state index contributed by atoms with van der Waals surface area (Å²) in [7, 11) is -9.60. The van der Waals surface area contributed by atoms with Gasteiger partial charge in [-0.25, -0.2) is 0 Å². The number of allylic oxidation sites excluding steroid dienone is 2. The Morgan fingerprint density at radius 2 is 1.38 bits per heavy atom. The molecular weight excluding hydrogens is 213 g/mol. The van der Waals surface area contributed by atoms with E-state index in [4.69, 9.17) is 5.73 Å². The molecule has 0 atom stereocenters. The van der Waals surface area contributed by atoms with Crippen molar-refractivity contribution in [3.63, 3.8) is 0 Å². The van der Waals surface area contributed by atoms with Gasteiger partial charge < -0.3 is 5.73 Å². The zero-order chi connectivity index (χ0) is 11.0. The lowest BCUT2D eigenvalue weighted by Crippen LogP contribution is -2.06. The van der Waals surface area contributed by atoms with Gasteiger partial charge in [0.15, 0.2) is 0 Å². The maximum absolute atomic E-state index is 11.8. The lowest BCUT2D eigenvalue weighted by atomic mass is 10.4. The van der Waals surface area contributed by atoms with Crippen LogP contribution in [0.25, 0.3) is 0 Å². The van der Waals surface area contributed by atoms with E-state index in [1.165, 1.54) is 0 Å². The summed E-state index contributed by atoms with van der Waals surface area (Å²) in [6, 6.07) is 0. The summed E-state index contributed by atoms with van der Waals surface area (Å²) in [6.07, 6.45) is 0.712. The van der Waals surface area contributed by atoms with Crippen LogP contribution in [0, 0.1) is 0 Å². The van der Waals surface area contributed by atoms with Crippen LogP contribution in [-0.4, -0.2) is 0 Å². The maximum Gasteiger partial charge on any atom is 0.309 e. The lowest BCUT2D eigenvalue weighted by Gasteiger charge is -2.40. The molecule has 7 heteroatoms. The predicted octanol–water partition coefficient (Wildman–Crippen LogP) is 3.83. The highest BCUT2D eigenvalue weighted by atomic mass is 32.5. The van der Waals surface area contributed by atoms with Gasteiger partial charge in [0.1, 0.15) is 0 Å². The van der Waals surface area contributed by atoms with Crippen molar-refractivity contribution in [1.29, 1.82) is 0 Å². The summed E-state index contributed by atoms with van der Waals surface area (Å²) in [5, 5.41) is 0. The smallest absolute Gasteiger partial charge is 0.309 e. The SMILES string of the molecule is C=C(N)/C=C\C(=C)S(F)(F)(F)(F)F. The van der Waals surface area contributed by atoms with Crippen molar-refractivity contribution in [3.8, 4) is 0 Å². The van der Waals surface area contributed by atoms with Gasteiger partial charge in [0.25, 0.3) is 0 Å². The molecule has 0 aliphatic carbocycles. The molecule has 13 heavy (non-hydrogen) atoms. The van der Waals surface area contributed by atoms with Gasteiger partial charge >= 0.3 is 10.2 Å². The van der Waals surface area contributed by atoms with Crippen LogP contribution >= 0.6 is 10.2 Å². The molecule has 0 unspecified atom stereocenters. The van der Waals surface area contributed by atoms with E-state index in [0.717, 1.165) is 0 Å². The van der Waals surface area contributed by atoms with Crippen molar-refractivity contribution in [2.75, 3.05) is 0 Å². The molecule has 0 aliphatic rings. The van der Waals surface area contributed by atoms with Crippen molar-refractivity contribution in [2.45, 2.75) is 0 Å². The van der Waals surface area contributed by atoms with E-state index in [2.05, 4.69) is 13.2 Å². The average molecular weight is 221 g/mol. The summed E-state index contributed by atoms with van der Waals surface area (Å²) < 4.78 is 59.2. The van der Waals surface area contributed by atoms with E-state index in [1.807, 2.05) is 0 Å². The highest BCUT2D eigenvalue weighted by Gasteiger charge is 2.65. The largest absolute Gasteiger partial charge is 0.399 e. The highest BCUT2D eigenvalue weighted by molar-refractivity contribution is 8.48. The van der Waals surface area contributed by atoms with Crippen LogP contribution in [0.1, 0.15) is 0 Å². The average Bonchev–Trinajstić information content (AvgIpc) is 1.76. The molecule has 0 saturated carbocycles. The summed E-state index contributed by atoms with van der Waals surface area (Å²) in [6.45, 7) is 5.24. The van der Waals surface area contributed by atoms with Crippen molar-refractivity contribution in [2.24, 2.45) is 5.73 Å². The Balaban J connectivity index is 4.97. The van der Waals surface area contributed by atoms with Gasteiger partial charge in [0.05, 0.1) is 4.91 Å². The summed E-state index contributed by atoms with van der Waals surface area (Å²) in [5.41, 5.74) is 4.59. The Hall–Kier alpha value is -0.980. The number of halogens is 5. The van der Waals surface area contributed by atoms with Crippen molar-refractivity contribution >= 4 is 10.2 Å². The third-order valence-electron chi connectivity index (χ3n) is 0.979. The molecule has 0 radical (unpaired) electrons. The first kappa shape index (κ1) is 12.0. The van der Waals surface area contributed by atoms with Crippen LogP contribution in [-0.2, 0) is 0 Å². The fraction of sp³-hybridized carbons (Fsp3) is 0. The third-order valence-corrected chi connectivity index (χ3v) is 2.11. The van der Waals surface area contributed by atoms with Crippen LogP contribution in [0.3, 0.4) is 0 Å². The minimum atomic E-state index is -9.60. The molecule has 0 spiro atoms. The van der Waals surface area contributed by atoms with Gasteiger partial charge in [-0.05, 0) is 12.2 Å². The molecule has 78 valence electrons. The number of nitrogens with two attached hydrogens (primary N) is 1. The minimum Gasteiger partial charge on any atom is -0.399 e. The van der Waals surface area contributed by atoms with E-state index in [-0.39, 0.29) is 11.8 Å². The number of rotatable bonds is 3. The molecule has 0 aromatic rings. The normalized spacial score (nSPS) is 17.9. The second-order valence-corrected chi connectivity index (χ2v) is 4.81. The second-order valence-electron chi connectivity index (χ2n) is 2.34. The first-order chi connectivity index (χ1) is 5.33. The van der Waals surface area contributed by atoms with Crippen LogP contribution in [0.5, 0.6) is 0 Å². The molecule has 0 aromatic carbocycles. The summed E-state index contributed by atoms with van der Waals surface area (Å²) in [5.74, 6) is 0. The van der Waals surface area contributed by atoms with Gasteiger partial charge in [0.2, 0.25) is 0 Å². The summed E-state index contributed by atoms with van der Waals surface area (Å²) >= 11 is 0. The zero-order valence-electron chi connectivity index (χ0n) is 6.44. The van der Waals surface area contributed by atoms with Crippen molar-refractivity contribution in [1.82, 2.24) is 0 Å². The molecule has 0 aliphatic heterocycles. The standard InChI is InChI=1S/C6H8F5NS/c1-5(12)3-4-6(2)13(7,8,9,10)11/h3-4H,1-2,12H2/b4-3-. The molecule has 2 N–H and O–H groups in total. The molecule has 0 amide bonds. The van der Waals surface area contributed by atoms with E-state index in [1.54, 1.807) is 0 Å². The highest BCUT2D eigenvalue weighted by Crippen LogP contribution is 3.02. The molecule has 0 saturated heterocycles. The predicted molar refractivity (Wildman–Crippen MR) is 44.7 cm³/mol. The maximum atomic E-state index is 11.8. The van der Waals surface area contributed by atoms with Gasteiger partial charge in [-0.2, -0.15) is 0 Å². The van der Waals surface area contributed by atoms with Gasteiger partial charge in [-0.1, -0.05) is 32.6 Å². The zero-order valence-corrected chi connectivity index (χ0v) is 7.26. The van der Waals surface area contributed by atoms with Crippen LogP contribution in [0.4, 0.5) is 19.4 Å². The molecule has 1 nitrogen and oxygen atoms in total. The second kappa shape index (κ2) is 2.28. The van der Waals surface area contributed by atoms with E-state index in [0.29, 0.717) is 6.08 Å². The first-order valence-corrected chi connectivity index (χ1v) is 4.83. The molecule has 0 rings (SSSR count).